The van der Waals surface area contributed by atoms with Gasteiger partial charge in [0.2, 0.25) is 6.41 Å². The molecule has 0 aliphatic rings. The van der Waals surface area contributed by atoms with Gasteiger partial charge in [-0.2, -0.15) is 0 Å². The van der Waals surface area contributed by atoms with Crippen LogP contribution >= 0.6 is 11.6 Å². The number of carboxylic acid groups (broad SMARTS) is 1. The lowest BCUT2D eigenvalue weighted by atomic mass is 10.0. The molecular weight excluding hydrogens is 270 g/mol. The highest BCUT2D eigenvalue weighted by molar-refractivity contribution is 6.31. The van der Waals surface area contributed by atoms with Crippen LogP contribution in [0.15, 0.2) is 18.2 Å². The SMILES string of the molecule is COc1cccc(Cl)c1CC(CCC(=O)O)NC=O. The van der Waals surface area contributed by atoms with Gasteiger partial charge in [0, 0.05) is 23.0 Å². The summed E-state index contributed by atoms with van der Waals surface area (Å²) in [6.07, 6.45) is 1.31. The van der Waals surface area contributed by atoms with E-state index in [0.717, 1.165) is 5.56 Å². The van der Waals surface area contributed by atoms with Crippen molar-refractivity contribution in [3.05, 3.63) is 28.8 Å². The lowest BCUT2D eigenvalue weighted by Gasteiger charge is -2.18. The maximum Gasteiger partial charge on any atom is 0.303 e. The molecule has 104 valence electrons. The number of nitrogens with one attached hydrogen (secondary N) is 1. The monoisotopic (exact) mass is 285 g/mol. The van der Waals surface area contributed by atoms with E-state index in [-0.39, 0.29) is 12.5 Å². The Morgan fingerprint density at radius 3 is 2.89 bits per heavy atom. The Balaban J connectivity index is 2.83. The second-order valence-electron chi connectivity index (χ2n) is 4.04. The van der Waals surface area contributed by atoms with Crippen LogP contribution in [0.25, 0.3) is 0 Å². The van der Waals surface area contributed by atoms with Gasteiger partial charge < -0.3 is 15.2 Å². The van der Waals surface area contributed by atoms with Crippen LogP contribution < -0.4 is 10.1 Å². The van der Waals surface area contributed by atoms with E-state index in [9.17, 15) is 9.59 Å². The first-order valence-electron chi connectivity index (χ1n) is 5.81. The molecule has 0 spiro atoms. The Hall–Kier alpha value is -1.75. The first-order valence-corrected chi connectivity index (χ1v) is 6.19. The molecule has 1 amide bonds. The fourth-order valence-electron chi connectivity index (χ4n) is 1.81. The van der Waals surface area contributed by atoms with Crippen LogP contribution in [0, 0.1) is 0 Å². The number of carbonyl (C=O) groups is 2. The second-order valence-corrected chi connectivity index (χ2v) is 4.45. The van der Waals surface area contributed by atoms with Crippen LogP contribution in [0.1, 0.15) is 18.4 Å². The molecule has 1 atom stereocenters. The van der Waals surface area contributed by atoms with Gasteiger partial charge in [-0.25, -0.2) is 0 Å². The third-order valence-electron chi connectivity index (χ3n) is 2.76. The van der Waals surface area contributed by atoms with Crippen LogP contribution in [0.2, 0.25) is 5.02 Å². The highest BCUT2D eigenvalue weighted by Crippen LogP contribution is 2.28. The maximum absolute atomic E-state index is 10.6. The molecule has 1 unspecified atom stereocenters. The molecule has 0 saturated carbocycles. The predicted octanol–water partition coefficient (Wildman–Crippen LogP) is 1.87. The number of amides is 1. The molecule has 1 aromatic carbocycles. The first kappa shape index (κ1) is 15.3. The minimum Gasteiger partial charge on any atom is -0.496 e. The summed E-state index contributed by atoms with van der Waals surface area (Å²) >= 11 is 6.10. The summed E-state index contributed by atoms with van der Waals surface area (Å²) in [4.78, 5) is 21.2. The van der Waals surface area contributed by atoms with Crippen molar-refractivity contribution < 1.29 is 19.4 Å². The molecule has 0 aromatic heterocycles. The van der Waals surface area contributed by atoms with Crippen molar-refractivity contribution in [2.24, 2.45) is 0 Å². The third kappa shape index (κ3) is 4.79. The average Bonchev–Trinajstić information content (AvgIpc) is 2.38. The molecule has 5 nitrogen and oxygen atoms in total. The predicted molar refractivity (Wildman–Crippen MR) is 71.6 cm³/mol. The molecule has 0 bridgehead atoms. The Kier molecular flexibility index (Phi) is 6.15. The molecule has 2 N–H and O–H groups in total. The third-order valence-corrected chi connectivity index (χ3v) is 3.11. The van der Waals surface area contributed by atoms with Crippen molar-refractivity contribution in [2.45, 2.75) is 25.3 Å². The molecule has 0 radical (unpaired) electrons. The quantitative estimate of drug-likeness (QED) is 0.715. The summed E-state index contributed by atoms with van der Waals surface area (Å²) in [6, 6.07) is 4.98. The fourth-order valence-corrected chi connectivity index (χ4v) is 2.06. The smallest absolute Gasteiger partial charge is 0.303 e. The Labute approximate surface area is 116 Å². The summed E-state index contributed by atoms with van der Waals surface area (Å²) < 4.78 is 5.21. The number of hydrogen-bond donors (Lipinski definition) is 2. The van der Waals surface area contributed by atoms with Crippen LogP contribution in [0.3, 0.4) is 0 Å². The van der Waals surface area contributed by atoms with E-state index >= 15 is 0 Å². The Bertz CT molecular complexity index is 450. The number of methoxy groups -OCH3 is 1. The molecule has 1 aromatic rings. The summed E-state index contributed by atoms with van der Waals surface area (Å²) in [6.45, 7) is 0. The van der Waals surface area contributed by atoms with Gasteiger partial charge in [-0.1, -0.05) is 17.7 Å². The van der Waals surface area contributed by atoms with Crippen LogP contribution in [-0.4, -0.2) is 30.6 Å². The number of ether oxygens (including phenoxy) is 1. The van der Waals surface area contributed by atoms with E-state index in [0.29, 0.717) is 30.0 Å². The normalized spacial score (nSPS) is 11.7. The molecule has 1 rings (SSSR count). The van der Waals surface area contributed by atoms with Crippen LogP contribution in [0.4, 0.5) is 0 Å². The first-order chi connectivity index (χ1) is 9.08. The number of aliphatic carboxylic acids is 1. The number of hydrogen-bond acceptors (Lipinski definition) is 3. The minimum absolute atomic E-state index is 0.0156. The van der Waals surface area contributed by atoms with E-state index in [1.807, 2.05) is 0 Å². The molecule has 19 heavy (non-hydrogen) atoms. The maximum atomic E-state index is 10.6. The topological polar surface area (TPSA) is 75.6 Å². The van der Waals surface area contributed by atoms with E-state index in [1.54, 1.807) is 18.2 Å². The van der Waals surface area contributed by atoms with E-state index in [1.165, 1.54) is 7.11 Å². The van der Waals surface area contributed by atoms with Crippen LogP contribution in [-0.2, 0) is 16.0 Å². The lowest BCUT2D eigenvalue weighted by Crippen LogP contribution is -2.30. The largest absolute Gasteiger partial charge is 0.496 e. The summed E-state index contributed by atoms with van der Waals surface area (Å²) in [5, 5.41) is 11.8. The van der Waals surface area contributed by atoms with Crippen molar-refractivity contribution in [1.29, 1.82) is 0 Å². The van der Waals surface area contributed by atoms with Gasteiger partial charge in [0.25, 0.3) is 0 Å². The lowest BCUT2D eigenvalue weighted by molar-refractivity contribution is -0.137. The van der Waals surface area contributed by atoms with E-state index < -0.39 is 5.97 Å². The highest BCUT2D eigenvalue weighted by atomic mass is 35.5. The average molecular weight is 286 g/mol. The second kappa shape index (κ2) is 7.63. The van der Waals surface area contributed by atoms with Crippen molar-refractivity contribution in [3.63, 3.8) is 0 Å². The molecule has 0 fully saturated rings. The standard InChI is InChI=1S/C13H16ClNO4/c1-19-12-4-2-3-11(14)10(12)7-9(15-8-16)5-6-13(17)18/h2-4,8-9H,5-7H2,1H3,(H,15,16)(H,17,18). The van der Waals surface area contributed by atoms with E-state index in [2.05, 4.69) is 5.32 Å². The zero-order valence-corrected chi connectivity index (χ0v) is 11.3. The van der Waals surface area contributed by atoms with Crippen molar-refractivity contribution >= 4 is 24.0 Å². The van der Waals surface area contributed by atoms with Gasteiger partial charge in [-0.15, -0.1) is 0 Å². The van der Waals surface area contributed by atoms with E-state index in [4.69, 9.17) is 21.4 Å². The zero-order chi connectivity index (χ0) is 14.3. The molecular formula is C13H16ClNO4. The zero-order valence-electron chi connectivity index (χ0n) is 10.6. The van der Waals surface area contributed by atoms with Crippen molar-refractivity contribution in [1.82, 2.24) is 5.32 Å². The number of halogens is 1. The van der Waals surface area contributed by atoms with Gasteiger partial charge in [0.15, 0.2) is 0 Å². The summed E-state index contributed by atoms with van der Waals surface area (Å²) in [7, 11) is 1.54. The van der Waals surface area contributed by atoms with Crippen LogP contribution in [0.5, 0.6) is 5.75 Å². The van der Waals surface area contributed by atoms with Crippen molar-refractivity contribution in [3.8, 4) is 5.75 Å². The van der Waals surface area contributed by atoms with Gasteiger partial charge >= 0.3 is 5.97 Å². The molecule has 6 heteroatoms. The summed E-state index contributed by atoms with van der Waals surface area (Å²) in [5.41, 5.74) is 0.761. The fraction of sp³-hybridized carbons (Fsp3) is 0.385. The highest BCUT2D eigenvalue weighted by Gasteiger charge is 2.16. The Morgan fingerprint density at radius 2 is 2.32 bits per heavy atom. The number of benzene rings is 1. The molecule has 0 aliphatic carbocycles. The number of rotatable bonds is 8. The van der Waals surface area contributed by atoms with Gasteiger partial charge in [0.1, 0.15) is 5.75 Å². The molecule has 0 saturated heterocycles. The van der Waals surface area contributed by atoms with Gasteiger partial charge in [-0.3, -0.25) is 9.59 Å². The summed E-state index contributed by atoms with van der Waals surface area (Å²) in [5.74, 6) is -0.274. The molecule has 0 aliphatic heterocycles. The minimum atomic E-state index is -0.899. The number of carbonyl (C=O) groups excluding carboxylic acids is 1. The molecule has 0 heterocycles. The number of carboxylic acids is 1. The van der Waals surface area contributed by atoms with Gasteiger partial charge in [0.05, 0.1) is 7.11 Å². The Morgan fingerprint density at radius 1 is 1.58 bits per heavy atom. The van der Waals surface area contributed by atoms with Crippen molar-refractivity contribution in [2.75, 3.05) is 7.11 Å². The van der Waals surface area contributed by atoms with Gasteiger partial charge in [-0.05, 0) is 25.0 Å².